The summed E-state index contributed by atoms with van der Waals surface area (Å²) in [5.41, 5.74) is 0.463. The molecule has 1 nitrogen and oxygen atoms in total. The van der Waals surface area contributed by atoms with Crippen molar-refractivity contribution in [2.75, 3.05) is 0 Å². The van der Waals surface area contributed by atoms with Gasteiger partial charge in [-0.05, 0) is 112 Å². The van der Waals surface area contributed by atoms with E-state index in [1.165, 1.54) is 0 Å². The van der Waals surface area contributed by atoms with E-state index < -0.39 is 164 Å². The maximum Gasteiger partial charge on any atom is 0.136 e. The Hall–Kier alpha value is -6.96. The molecule has 0 aliphatic carbocycles. The molecule has 0 aliphatic heterocycles. The van der Waals surface area contributed by atoms with Gasteiger partial charge in [-0.1, -0.05) is 169 Å². The van der Waals surface area contributed by atoms with E-state index in [1.807, 2.05) is 48.5 Å². The van der Waals surface area contributed by atoms with Crippen molar-refractivity contribution in [2.24, 2.45) is 0 Å². The highest BCUT2D eigenvalue weighted by atomic mass is 16.3. The first kappa shape index (κ1) is 16.6. The predicted molar refractivity (Wildman–Crippen MR) is 225 cm³/mol. The summed E-state index contributed by atoms with van der Waals surface area (Å²) in [5, 5.41) is 0.302. The SMILES string of the molecule is [2H]c1c([2H])c([2H])c(-c2c3c([2H])c([2H])c([2H])c([2H])c3c(-c3c([2H])c([2H])c(-c4ccc5oc6cccc(-c7ccc8ccccc8c7)c6c5c4)c4c([2H])c([2H])c([2H])c([2H])c34)c3c([2H])c([2H])c([2H])c([2H])c23)c([2H])c1[2H]. The summed E-state index contributed by atoms with van der Waals surface area (Å²) in [7, 11) is 0. The lowest BCUT2D eigenvalue weighted by Crippen LogP contribution is -1.92. The molecule has 0 spiro atoms. The zero-order chi connectivity index (χ0) is 51.4. The van der Waals surface area contributed by atoms with E-state index >= 15 is 0 Å². The van der Waals surface area contributed by atoms with E-state index in [2.05, 4.69) is 6.07 Å². The summed E-state index contributed by atoms with van der Waals surface area (Å²) < 4.78 is 180. The molecule has 0 unspecified atom stereocenters. The van der Waals surface area contributed by atoms with E-state index in [0.29, 0.717) is 21.9 Å². The molecular formula is C52H32O. The number of hydrogen-bond donors (Lipinski definition) is 0. The Morgan fingerprint density at radius 1 is 0.340 bits per heavy atom. The van der Waals surface area contributed by atoms with Gasteiger partial charge in [-0.3, -0.25) is 0 Å². The predicted octanol–water partition coefficient (Wildman–Crippen LogP) is 14.9. The fourth-order valence-electron chi connectivity index (χ4n) is 7.42. The van der Waals surface area contributed by atoms with Crippen molar-refractivity contribution >= 4 is 65.0 Å². The van der Waals surface area contributed by atoms with Crippen LogP contribution in [0.1, 0.15) is 26.0 Å². The van der Waals surface area contributed by atoms with Gasteiger partial charge < -0.3 is 4.42 Å². The Morgan fingerprint density at radius 2 is 0.925 bits per heavy atom. The smallest absolute Gasteiger partial charge is 0.136 e. The van der Waals surface area contributed by atoms with Crippen molar-refractivity contribution in [3.05, 3.63) is 194 Å². The molecule has 1 aromatic heterocycles. The number of benzene rings is 10. The van der Waals surface area contributed by atoms with Gasteiger partial charge in [0.25, 0.3) is 0 Å². The molecule has 0 N–H and O–H groups in total. The minimum absolute atomic E-state index is 0.127. The van der Waals surface area contributed by atoms with E-state index in [0.717, 1.165) is 21.9 Å². The molecule has 11 aromatic rings. The minimum atomic E-state index is -0.870. The van der Waals surface area contributed by atoms with Crippen LogP contribution in [0.2, 0.25) is 0 Å². The number of fused-ring (bicyclic) bond motifs is 7. The average molecular weight is 692 g/mol. The molecule has 11 rings (SSSR count). The van der Waals surface area contributed by atoms with Gasteiger partial charge >= 0.3 is 0 Å². The summed E-state index contributed by atoms with van der Waals surface area (Å²) >= 11 is 0. The molecule has 0 saturated heterocycles. The van der Waals surface area contributed by atoms with Crippen molar-refractivity contribution in [3.63, 3.8) is 0 Å². The van der Waals surface area contributed by atoms with Gasteiger partial charge in [-0.25, -0.2) is 0 Å². The number of furan rings is 1. The van der Waals surface area contributed by atoms with Crippen LogP contribution in [0.3, 0.4) is 0 Å². The highest BCUT2D eigenvalue weighted by Crippen LogP contribution is 2.47. The van der Waals surface area contributed by atoms with Crippen LogP contribution in [0, 0.1) is 0 Å². The molecule has 0 saturated carbocycles. The molecule has 246 valence electrons. The second kappa shape index (κ2) is 11.8. The lowest BCUT2D eigenvalue weighted by Gasteiger charge is -2.19. The third-order valence-corrected chi connectivity index (χ3v) is 9.72. The molecule has 0 bridgehead atoms. The Kier molecular flexibility index (Phi) is 3.69. The molecule has 0 amide bonds. The second-order valence-electron chi connectivity index (χ2n) is 12.6. The Balaban J connectivity index is 1.34. The maximum atomic E-state index is 9.96. The minimum Gasteiger partial charge on any atom is -0.456 e. The van der Waals surface area contributed by atoms with Gasteiger partial charge in [0, 0.05) is 10.8 Å². The van der Waals surface area contributed by atoms with Gasteiger partial charge in [0.15, 0.2) is 0 Å². The van der Waals surface area contributed by atoms with Crippen LogP contribution in [0.15, 0.2) is 198 Å². The van der Waals surface area contributed by atoms with Gasteiger partial charge in [-0.2, -0.15) is 0 Å². The third-order valence-electron chi connectivity index (χ3n) is 9.72. The van der Waals surface area contributed by atoms with Gasteiger partial charge in [0.1, 0.15) is 11.2 Å². The summed E-state index contributed by atoms with van der Waals surface area (Å²) in [6.07, 6.45) is 0. The average Bonchev–Trinajstić information content (AvgIpc) is 3.76. The fraction of sp³-hybridized carbons (Fsp3) is 0. The summed E-state index contributed by atoms with van der Waals surface area (Å²) in [4.78, 5) is 0. The quantitative estimate of drug-likeness (QED) is 0.167. The Morgan fingerprint density at radius 3 is 1.66 bits per heavy atom. The van der Waals surface area contributed by atoms with Crippen LogP contribution < -0.4 is 0 Å². The lowest BCUT2D eigenvalue weighted by atomic mass is 9.84. The van der Waals surface area contributed by atoms with E-state index in [-0.39, 0.29) is 16.5 Å². The highest BCUT2D eigenvalue weighted by Gasteiger charge is 2.20. The first-order valence-electron chi connectivity index (χ1n) is 26.2. The molecule has 0 atom stereocenters. The maximum absolute atomic E-state index is 9.96. The zero-order valence-corrected chi connectivity index (χ0v) is 27.4. The number of rotatable bonds is 4. The Bertz CT molecular complexity index is 4220. The molecule has 1 heterocycles. The largest absolute Gasteiger partial charge is 0.456 e. The monoisotopic (exact) mass is 691 g/mol. The van der Waals surface area contributed by atoms with Gasteiger partial charge in [0.2, 0.25) is 0 Å². The van der Waals surface area contributed by atoms with E-state index in [9.17, 15) is 11.0 Å². The summed E-state index contributed by atoms with van der Waals surface area (Å²) in [6, 6.07) is 9.05. The van der Waals surface area contributed by atoms with Crippen molar-refractivity contribution in [1.82, 2.24) is 0 Å². The van der Waals surface area contributed by atoms with E-state index in [4.69, 9.17) is 19.5 Å². The van der Waals surface area contributed by atoms with Gasteiger partial charge in [0.05, 0.1) is 26.0 Å². The first-order chi connectivity index (χ1) is 34.2. The second-order valence-corrected chi connectivity index (χ2v) is 12.6. The third kappa shape index (κ3) is 4.64. The van der Waals surface area contributed by atoms with Crippen LogP contribution in [-0.4, -0.2) is 0 Å². The van der Waals surface area contributed by atoms with Crippen molar-refractivity contribution < 1.29 is 30.5 Å². The molecule has 0 radical (unpaired) electrons. The normalized spacial score (nSPS) is 16.8. The van der Waals surface area contributed by atoms with Crippen LogP contribution in [-0.2, 0) is 0 Å². The zero-order valence-electron chi connectivity index (χ0n) is 46.4. The molecule has 0 fully saturated rings. The van der Waals surface area contributed by atoms with Crippen molar-refractivity contribution in [2.45, 2.75) is 0 Å². The summed E-state index contributed by atoms with van der Waals surface area (Å²) in [5.74, 6) is 0. The number of hydrogen-bond acceptors (Lipinski definition) is 1. The molecule has 10 aromatic carbocycles. The van der Waals surface area contributed by atoms with Crippen LogP contribution in [0.5, 0.6) is 0 Å². The van der Waals surface area contributed by atoms with Crippen LogP contribution >= 0.6 is 0 Å². The van der Waals surface area contributed by atoms with Gasteiger partial charge in [-0.15, -0.1) is 0 Å². The lowest BCUT2D eigenvalue weighted by molar-refractivity contribution is 0.669. The van der Waals surface area contributed by atoms with Crippen molar-refractivity contribution in [3.8, 4) is 44.5 Å². The highest BCUT2D eigenvalue weighted by molar-refractivity contribution is 6.24. The Labute approximate surface area is 333 Å². The topological polar surface area (TPSA) is 13.1 Å². The van der Waals surface area contributed by atoms with E-state index in [1.54, 1.807) is 24.3 Å². The molecule has 53 heavy (non-hydrogen) atoms. The van der Waals surface area contributed by atoms with Crippen LogP contribution in [0.4, 0.5) is 0 Å². The van der Waals surface area contributed by atoms with Crippen LogP contribution in [0.25, 0.3) is 110 Å². The first-order valence-corrected chi connectivity index (χ1v) is 16.7. The molecule has 0 aliphatic rings. The standard InChI is InChI=1S/C52H32O/c1-2-14-34(15-3-1)50-42-19-8-10-21-44(42)51(45-22-11-9-20-43(45)50)46-29-28-38(40-17-6-7-18-41(40)46)37-27-30-48-47(32-37)52-39(23-12-24-49(52)53-48)36-26-25-33-13-4-5-16-35(33)31-36/h1-32H/i1D,2D,3D,6D,7D,8D,9D,10D,11D,14D,15D,17D,18D,19D,20D,21D,22D,28D,29D. The summed E-state index contributed by atoms with van der Waals surface area (Å²) in [6.45, 7) is 0. The van der Waals surface area contributed by atoms with Crippen molar-refractivity contribution in [1.29, 1.82) is 0 Å². The fourth-order valence-corrected chi connectivity index (χ4v) is 7.42. The molecule has 1 heteroatoms. The molecular weight excluding hydrogens is 641 g/mol.